The Kier molecular flexibility index (Phi) is 3.55. The quantitative estimate of drug-likeness (QED) is 0.677. The van der Waals surface area contributed by atoms with Crippen LogP contribution in [0.3, 0.4) is 0 Å². The smallest absolute Gasteiger partial charge is 0.372 e. The second kappa shape index (κ2) is 4.28. The average molecular weight is 197 g/mol. The van der Waals surface area contributed by atoms with Gasteiger partial charge >= 0.3 is 6.36 Å². The van der Waals surface area contributed by atoms with Crippen LogP contribution in [-0.2, 0) is 9.47 Å². The number of ether oxygens (including phenoxy) is 2. The van der Waals surface area contributed by atoms with Crippen LogP contribution < -0.4 is 0 Å². The molecule has 1 radical (unpaired) electrons. The second-order valence-electron chi connectivity index (χ2n) is 2.97. The van der Waals surface area contributed by atoms with E-state index in [0.717, 1.165) is 12.8 Å². The molecule has 0 aromatic rings. The molecule has 0 aliphatic heterocycles. The SMILES string of the molecule is CO[C]1CCCCC1OC(F)(F)F. The van der Waals surface area contributed by atoms with E-state index in [1.165, 1.54) is 7.11 Å². The van der Waals surface area contributed by atoms with Crippen molar-refractivity contribution in [2.24, 2.45) is 0 Å². The molecule has 0 saturated heterocycles. The van der Waals surface area contributed by atoms with E-state index in [1.54, 1.807) is 0 Å². The van der Waals surface area contributed by atoms with Crippen molar-refractivity contribution in [2.45, 2.75) is 38.1 Å². The summed E-state index contributed by atoms with van der Waals surface area (Å²) in [5.41, 5.74) is 0. The van der Waals surface area contributed by atoms with Gasteiger partial charge in [0.1, 0.15) is 6.10 Å². The summed E-state index contributed by atoms with van der Waals surface area (Å²) in [6, 6.07) is 0. The van der Waals surface area contributed by atoms with Gasteiger partial charge in [0.2, 0.25) is 0 Å². The van der Waals surface area contributed by atoms with Crippen molar-refractivity contribution in [1.82, 2.24) is 0 Å². The highest BCUT2D eigenvalue weighted by Gasteiger charge is 2.38. The van der Waals surface area contributed by atoms with Gasteiger partial charge in [0.15, 0.2) is 0 Å². The van der Waals surface area contributed by atoms with Gasteiger partial charge < -0.3 is 4.74 Å². The van der Waals surface area contributed by atoms with Gasteiger partial charge in [0, 0.05) is 7.11 Å². The van der Waals surface area contributed by atoms with E-state index in [-0.39, 0.29) is 0 Å². The van der Waals surface area contributed by atoms with Gasteiger partial charge in [-0.2, -0.15) is 0 Å². The molecule has 5 heteroatoms. The molecule has 1 aliphatic rings. The fourth-order valence-corrected chi connectivity index (χ4v) is 1.47. The predicted octanol–water partition coefficient (Wildman–Crippen LogP) is 2.64. The minimum Gasteiger partial charge on any atom is -0.372 e. The fourth-order valence-electron chi connectivity index (χ4n) is 1.47. The van der Waals surface area contributed by atoms with Crippen LogP contribution in [0.4, 0.5) is 13.2 Å². The lowest BCUT2D eigenvalue weighted by molar-refractivity contribution is -0.346. The summed E-state index contributed by atoms with van der Waals surface area (Å²) in [6.45, 7) is 0. The number of alkyl halides is 3. The molecular weight excluding hydrogens is 185 g/mol. The third-order valence-electron chi connectivity index (χ3n) is 2.04. The van der Waals surface area contributed by atoms with Gasteiger partial charge in [-0.3, -0.25) is 4.74 Å². The van der Waals surface area contributed by atoms with Gasteiger partial charge in [-0.05, 0) is 12.8 Å². The summed E-state index contributed by atoms with van der Waals surface area (Å²) >= 11 is 0. The summed E-state index contributed by atoms with van der Waals surface area (Å²) in [5, 5.41) is 0. The monoisotopic (exact) mass is 197 g/mol. The molecule has 0 N–H and O–H groups in total. The van der Waals surface area contributed by atoms with Crippen molar-refractivity contribution in [3.8, 4) is 0 Å². The molecule has 77 valence electrons. The molecule has 1 fully saturated rings. The first kappa shape index (κ1) is 10.8. The van der Waals surface area contributed by atoms with Crippen LogP contribution >= 0.6 is 0 Å². The fraction of sp³-hybridized carbons (Fsp3) is 0.875. The van der Waals surface area contributed by atoms with Crippen LogP contribution in [0.5, 0.6) is 0 Å². The van der Waals surface area contributed by atoms with Gasteiger partial charge in [-0.1, -0.05) is 12.8 Å². The largest absolute Gasteiger partial charge is 0.522 e. The molecule has 1 saturated carbocycles. The number of rotatable bonds is 2. The Labute approximate surface area is 75.0 Å². The van der Waals surface area contributed by atoms with Crippen molar-refractivity contribution >= 4 is 0 Å². The van der Waals surface area contributed by atoms with Crippen molar-refractivity contribution in [3.05, 3.63) is 6.10 Å². The van der Waals surface area contributed by atoms with Gasteiger partial charge in [0.25, 0.3) is 0 Å². The zero-order valence-corrected chi connectivity index (χ0v) is 7.36. The van der Waals surface area contributed by atoms with Crippen molar-refractivity contribution < 1.29 is 22.6 Å². The van der Waals surface area contributed by atoms with Crippen LogP contribution in [0.2, 0.25) is 0 Å². The summed E-state index contributed by atoms with van der Waals surface area (Å²) in [4.78, 5) is 0. The Hall–Kier alpha value is -0.290. The van der Waals surface area contributed by atoms with Gasteiger partial charge in [-0.25, -0.2) is 0 Å². The zero-order valence-electron chi connectivity index (χ0n) is 7.36. The first-order chi connectivity index (χ1) is 6.03. The maximum Gasteiger partial charge on any atom is 0.522 e. The Bertz CT molecular complexity index is 158. The lowest BCUT2D eigenvalue weighted by Crippen LogP contribution is -2.32. The summed E-state index contributed by atoms with van der Waals surface area (Å²) in [7, 11) is 1.38. The summed E-state index contributed by atoms with van der Waals surface area (Å²) in [5.74, 6) is 0. The molecule has 0 amide bonds. The van der Waals surface area contributed by atoms with Crippen LogP contribution in [0.1, 0.15) is 25.7 Å². The van der Waals surface area contributed by atoms with Crippen LogP contribution in [-0.4, -0.2) is 19.6 Å². The maximum atomic E-state index is 11.9. The minimum atomic E-state index is -4.56. The number of methoxy groups -OCH3 is 1. The second-order valence-corrected chi connectivity index (χ2v) is 2.97. The zero-order chi connectivity index (χ0) is 9.90. The third kappa shape index (κ3) is 3.52. The maximum absolute atomic E-state index is 11.9. The Morgan fingerprint density at radius 1 is 1.31 bits per heavy atom. The summed E-state index contributed by atoms with van der Waals surface area (Å²) < 4.78 is 44.3. The molecule has 1 atom stereocenters. The highest BCUT2D eigenvalue weighted by Crippen LogP contribution is 2.33. The van der Waals surface area contributed by atoms with E-state index in [1.807, 2.05) is 0 Å². The molecule has 13 heavy (non-hydrogen) atoms. The Balaban J connectivity index is 2.45. The van der Waals surface area contributed by atoms with E-state index in [0.29, 0.717) is 18.9 Å². The molecule has 0 aromatic heterocycles. The van der Waals surface area contributed by atoms with E-state index in [9.17, 15) is 13.2 Å². The van der Waals surface area contributed by atoms with Gasteiger partial charge in [0.05, 0.1) is 6.10 Å². The number of hydrogen-bond acceptors (Lipinski definition) is 2. The number of hydrogen-bond donors (Lipinski definition) is 0. The van der Waals surface area contributed by atoms with E-state index < -0.39 is 12.5 Å². The molecule has 2 nitrogen and oxygen atoms in total. The first-order valence-electron chi connectivity index (χ1n) is 4.17. The van der Waals surface area contributed by atoms with Crippen molar-refractivity contribution in [3.63, 3.8) is 0 Å². The topological polar surface area (TPSA) is 18.5 Å². The number of halogens is 3. The summed E-state index contributed by atoms with van der Waals surface area (Å²) in [6.07, 6.45) is -2.47. The van der Waals surface area contributed by atoms with Crippen LogP contribution in [0.25, 0.3) is 0 Å². The first-order valence-corrected chi connectivity index (χ1v) is 4.17. The molecule has 0 bridgehead atoms. The van der Waals surface area contributed by atoms with E-state index in [2.05, 4.69) is 4.74 Å². The highest BCUT2D eigenvalue weighted by atomic mass is 19.4. The molecular formula is C8H12F3O2. The predicted molar refractivity (Wildman–Crippen MR) is 39.6 cm³/mol. The average Bonchev–Trinajstić information content (AvgIpc) is 2.02. The molecule has 1 rings (SSSR count). The van der Waals surface area contributed by atoms with E-state index in [4.69, 9.17) is 4.74 Å². The lowest BCUT2D eigenvalue weighted by Gasteiger charge is -2.29. The van der Waals surface area contributed by atoms with Gasteiger partial charge in [-0.15, -0.1) is 13.2 Å². The molecule has 1 unspecified atom stereocenters. The van der Waals surface area contributed by atoms with Crippen molar-refractivity contribution in [1.29, 1.82) is 0 Å². The standard InChI is InChI=1S/C8H12F3O2/c1-12-6-4-2-3-5-7(6)13-8(9,10)11/h7H,2-5H2,1H3. The molecule has 1 aliphatic carbocycles. The minimum absolute atomic E-state index is 0.392. The van der Waals surface area contributed by atoms with Crippen molar-refractivity contribution in [2.75, 3.05) is 7.11 Å². The van der Waals surface area contributed by atoms with Crippen LogP contribution in [0, 0.1) is 6.10 Å². The normalized spacial score (nSPS) is 26.3. The third-order valence-corrected chi connectivity index (χ3v) is 2.04. The van der Waals surface area contributed by atoms with E-state index >= 15 is 0 Å². The van der Waals surface area contributed by atoms with Crippen LogP contribution in [0.15, 0.2) is 0 Å². The molecule has 0 spiro atoms. The Morgan fingerprint density at radius 2 is 2.00 bits per heavy atom. The molecule has 0 aromatic carbocycles. The lowest BCUT2D eigenvalue weighted by atomic mass is 9.95. The Morgan fingerprint density at radius 3 is 2.54 bits per heavy atom. The highest BCUT2D eigenvalue weighted by molar-refractivity contribution is 4.92. The molecule has 0 heterocycles.